The smallest absolute Gasteiger partial charge is 0.115 e. The van der Waals surface area contributed by atoms with Crippen molar-refractivity contribution in [2.45, 2.75) is 59.0 Å². The Bertz CT molecular complexity index is 986. The van der Waals surface area contributed by atoms with Crippen LogP contribution in [0.5, 0.6) is 17.2 Å². The lowest BCUT2D eigenvalue weighted by Gasteiger charge is -2.18. The van der Waals surface area contributed by atoms with E-state index in [4.69, 9.17) is 21.8 Å². The number of phenols is 3. The highest BCUT2D eigenvalue weighted by Gasteiger charge is 2.08. The summed E-state index contributed by atoms with van der Waals surface area (Å²) < 4.78 is 0. The summed E-state index contributed by atoms with van der Waals surface area (Å²) in [6, 6.07) is 21.9. The number of benzene rings is 3. The fraction of sp³-hybridized carbons (Fsp3) is 0.375. The van der Waals surface area contributed by atoms with Gasteiger partial charge in [0.15, 0.2) is 0 Å². The first-order chi connectivity index (χ1) is 19.1. The molecular weight excluding hydrogens is 502 g/mol. The molecule has 0 heterocycles. The average molecular weight is 552 g/mol. The molecule has 0 aliphatic rings. The third-order valence-electron chi connectivity index (χ3n) is 5.92. The van der Waals surface area contributed by atoms with Gasteiger partial charge in [-0.25, -0.2) is 0 Å². The summed E-state index contributed by atoms with van der Waals surface area (Å²) in [5, 5.41) is 33.7. The Morgan fingerprint density at radius 2 is 1.27 bits per heavy atom. The van der Waals surface area contributed by atoms with Crippen molar-refractivity contribution in [3.63, 3.8) is 0 Å². The van der Waals surface area contributed by atoms with Gasteiger partial charge >= 0.3 is 0 Å². The lowest BCUT2D eigenvalue weighted by atomic mass is 10.1. The SMILES string of the molecule is CC/C=C(\N)CC(C)NCCNCC(Cc1ccc(O)cc1)NN.Cc1ccc(O)cc1.Cc1ccc(O)cc1. The first-order valence-electron chi connectivity index (χ1n) is 13.8. The molecule has 0 saturated heterocycles. The maximum absolute atomic E-state index is 9.31. The number of hydrazine groups is 1. The van der Waals surface area contributed by atoms with E-state index in [0.29, 0.717) is 17.5 Å². The zero-order valence-corrected chi connectivity index (χ0v) is 24.4. The Balaban J connectivity index is 0.000000400. The molecule has 8 heteroatoms. The number of rotatable bonds is 12. The number of hydrogen-bond acceptors (Lipinski definition) is 8. The van der Waals surface area contributed by atoms with Gasteiger partial charge in [-0.05, 0) is 75.6 Å². The number of nitrogens with two attached hydrogens (primary N) is 2. The number of hydrogen-bond donors (Lipinski definition) is 8. The largest absolute Gasteiger partial charge is 0.508 e. The van der Waals surface area contributed by atoms with Crippen molar-refractivity contribution < 1.29 is 15.3 Å². The van der Waals surface area contributed by atoms with Crippen molar-refractivity contribution in [2.75, 3.05) is 19.6 Å². The number of aryl methyl sites for hydroxylation is 2. The second-order valence-corrected chi connectivity index (χ2v) is 9.86. The maximum atomic E-state index is 9.31. The Morgan fingerprint density at radius 1 is 0.800 bits per heavy atom. The summed E-state index contributed by atoms with van der Waals surface area (Å²) >= 11 is 0. The van der Waals surface area contributed by atoms with Gasteiger partial charge in [0, 0.05) is 43.8 Å². The van der Waals surface area contributed by atoms with Gasteiger partial charge in [0.25, 0.3) is 0 Å². The summed E-state index contributed by atoms with van der Waals surface area (Å²) in [6.45, 7) is 10.7. The van der Waals surface area contributed by atoms with Crippen LogP contribution in [0.25, 0.3) is 0 Å². The van der Waals surface area contributed by atoms with E-state index in [2.05, 4.69) is 36.0 Å². The summed E-state index contributed by atoms with van der Waals surface area (Å²) in [5.41, 5.74) is 13.2. The lowest BCUT2D eigenvalue weighted by Crippen LogP contribution is -2.45. The monoisotopic (exact) mass is 551 g/mol. The zero-order valence-electron chi connectivity index (χ0n) is 24.4. The first kappa shape index (κ1) is 34.5. The molecule has 3 rings (SSSR count). The molecule has 3 aromatic carbocycles. The molecule has 0 aliphatic heterocycles. The quantitative estimate of drug-likeness (QED) is 0.0939. The molecule has 0 radical (unpaired) electrons. The molecule has 0 spiro atoms. The van der Waals surface area contributed by atoms with Gasteiger partial charge in [0.05, 0.1) is 0 Å². The maximum Gasteiger partial charge on any atom is 0.115 e. The fourth-order valence-corrected chi connectivity index (χ4v) is 3.65. The number of nitrogens with one attached hydrogen (secondary N) is 3. The summed E-state index contributed by atoms with van der Waals surface area (Å²) in [7, 11) is 0. The minimum absolute atomic E-state index is 0.148. The molecule has 2 atom stereocenters. The van der Waals surface area contributed by atoms with Crippen LogP contribution in [0.1, 0.15) is 43.4 Å². The average Bonchev–Trinajstić information content (AvgIpc) is 2.93. The molecule has 0 aliphatic carbocycles. The molecular formula is C32H49N5O3. The molecule has 10 N–H and O–H groups in total. The Morgan fingerprint density at radius 3 is 1.70 bits per heavy atom. The van der Waals surface area contributed by atoms with Crippen molar-refractivity contribution in [1.29, 1.82) is 0 Å². The Kier molecular flexibility index (Phi) is 17.5. The summed E-state index contributed by atoms with van der Waals surface area (Å²) in [5.74, 6) is 6.56. The van der Waals surface area contributed by atoms with Crippen LogP contribution in [0.2, 0.25) is 0 Å². The van der Waals surface area contributed by atoms with Crippen molar-refractivity contribution in [2.24, 2.45) is 11.6 Å². The summed E-state index contributed by atoms with van der Waals surface area (Å²) in [6.07, 6.45) is 4.74. The normalized spacial score (nSPS) is 12.4. The predicted molar refractivity (Wildman–Crippen MR) is 166 cm³/mol. The van der Waals surface area contributed by atoms with Gasteiger partial charge < -0.3 is 31.7 Å². The van der Waals surface area contributed by atoms with Crippen molar-refractivity contribution in [3.8, 4) is 17.2 Å². The van der Waals surface area contributed by atoms with Gasteiger partial charge in [-0.1, -0.05) is 60.5 Å². The van der Waals surface area contributed by atoms with Crippen LogP contribution in [-0.2, 0) is 6.42 Å². The van der Waals surface area contributed by atoms with E-state index >= 15 is 0 Å². The van der Waals surface area contributed by atoms with E-state index in [0.717, 1.165) is 50.2 Å². The molecule has 0 fully saturated rings. The first-order valence-corrected chi connectivity index (χ1v) is 13.8. The van der Waals surface area contributed by atoms with Crippen LogP contribution in [-0.4, -0.2) is 47.0 Å². The number of allylic oxidation sites excluding steroid dienone is 1. The number of aromatic hydroxyl groups is 3. The van der Waals surface area contributed by atoms with Crippen molar-refractivity contribution in [1.82, 2.24) is 16.1 Å². The van der Waals surface area contributed by atoms with Crippen molar-refractivity contribution >= 4 is 0 Å². The van der Waals surface area contributed by atoms with Crippen LogP contribution < -0.4 is 27.6 Å². The van der Waals surface area contributed by atoms with Gasteiger partial charge in [0.2, 0.25) is 0 Å². The van der Waals surface area contributed by atoms with E-state index in [1.165, 1.54) is 11.1 Å². The van der Waals surface area contributed by atoms with E-state index in [1.54, 1.807) is 36.4 Å². The van der Waals surface area contributed by atoms with Crippen LogP contribution in [0.4, 0.5) is 0 Å². The van der Waals surface area contributed by atoms with E-state index in [9.17, 15) is 5.11 Å². The minimum Gasteiger partial charge on any atom is -0.508 e. The zero-order chi connectivity index (χ0) is 29.8. The van der Waals surface area contributed by atoms with E-state index in [-0.39, 0.29) is 11.8 Å². The van der Waals surface area contributed by atoms with Gasteiger partial charge in [-0.15, -0.1) is 0 Å². The Hall–Kier alpha value is -3.56. The summed E-state index contributed by atoms with van der Waals surface area (Å²) in [4.78, 5) is 0. The molecule has 8 nitrogen and oxygen atoms in total. The molecule has 0 aromatic heterocycles. The molecule has 220 valence electrons. The standard InChI is InChI=1S/C18H33N5O.2C7H8O/c1-3-4-16(19)11-14(2)22-10-9-21-13-17(23-20)12-15-5-7-18(24)8-6-15;2*1-6-2-4-7(8)5-3-6/h4-8,14,17,21-24H,3,9-13,19-20H2,1-2H3;2*2-5,8H,1H3/b16-4-;;. The van der Waals surface area contributed by atoms with Gasteiger partial charge in [0.1, 0.15) is 17.2 Å². The third kappa shape index (κ3) is 17.1. The second kappa shape index (κ2) is 20.4. The molecule has 0 bridgehead atoms. The van der Waals surface area contributed by atoms with Gasteiger partial charge in [-0.3, -0.25) is 11.3 Å². The fourth-order valence-electron chi connectivity index (χ4n) is 3.65. The van der Waals surface area contributed by atoms with Crippen molar-refractivity contribution in [3.05, 3.63) is 101 Å². The van der Waals surface area contributed by atoms with Gasteiger partial charge in [-0.2, -0.15) is 0 Å². The molecule has 0 saturated carbocycles. The highest BCUT2D eigenvalue weighted by molar-refractivity contribution is 5.27. The number of phenolic OH excluding ortho intramolecular Hbond substituents is 3. The third-order valence-corrected chi connectivity index (χ3v) is 5.92. The topological polar surface area (TPSA) is 149 Å². The van der Waals surface area contributed by atoms with Crippen LogP contribution in [0.15, 0.2) is 84.6 Å². The lowest BCUT2D eigenvalue weighted by molar-refractivity contribution is 0.463. The predicted octanol–water partition coefficient (Wildman–Crippen LogP) is 4.38. The Labute approximate surface area is 240 Å². The van der Waals surface area contributed by atoms with Crippen LogP contribution in [0, 0.1) is 13.8 Å². The molecule has 0 amide bonds. The highest BCUT2D eigenvalue weighted by Crippen LogP contribution is 2.11. The second-order valence-electron chi connectivity index (χ2n) is 9.86. The van der Waals surface area contributed by atoms with Crippen LogP contribution in [0.3, 0.4) is 0 Å². The highest BCUT2D eigenvalue weighted by atomic mass is 16.3. The molecule has 3 aromatic rings. The molecule has 40 heavy (non-hydrogen) atoms. The molecule has 2 unspecified atom stereocenters. The minimum atomic E-state index is 0.148. The van der Waals surface area contributed by atoms with Crippen LogP contribution >= 0.6 is 0 Å². The van der Waals surface area contributed by atoms with E-state index < -0.39 is 0 Å². The van der Waals surface area contributed by atoms with E-state index in [1.807, 2.05) is 50.2 Å².